The molecular formula is C12H16N2O2. The Labute approximate surface area is 94.1 Å². The Bertz CT molecular complexity index is 511. The molecule has 4 nitrogen and oxygen atoms in total. The largest absolute Gasteiger partial charge is 0.441 e. The molecule has 4 heteroatoms. The van der Waals surface area contributed by atoms with Crippen molar-refractivity contribution in [1.29, 1.82) is 0 Å². The van der Waals surface area contributed by atoms with E-state index < -0.39 is 11.6 Å². The van der Waals surface area contributed by atoms with Crippen molar-refractivity contribution in [3.8, 4) is 0 Å². The fraction of sp³-hybridized carbons (Fsp3) is 0.417. The van der Waals surface area contributed by atoms with Gasteiger partial charge in [-0.05, 0) is 31.5 Å². The van der Waals surface area contributed by atoms with Crippen LogP contribution in [0, 0.1) is 6.92 Å². The maximum atomic E-state index is 9.85. The van der Waals surface area contributed by atoms with E-state index in [1.165, 1.54) is 0 Å². The maximum absolute atomic E-state index is 9.85. The summed E-state index contributed by atoms with van der Waals surface area (Å²) in [5.74, 6) is 0.629. The number of aromatic nitrogens is 1. The summed E-state index contributed by atoms with van der Waals surface area (Å²) in [7, 11) is 0. The molecule has 0 bridgehead atoms. The molecular weight excluding hydrogens is 204 g/mol. The summed E-state index contributed by atoms with van der Waals surface area (Å²) in [5.41, 5.74) is 7.38. The van der Waals surface area contributed by atoms with Crippen LogP contribution < -0.4 is 5.73 Å². The predicted octanol–water partition coefficient (Wildman–Crippen LogP) is 1.91. The highest BCUT2D eigenvalue weighted by Crippen LogP contribution is 2.26. The molecule has 0 saturated heterocycles. The van der Waals surface area contributed by atoms with Gasteiger partial charge in [-0.15, -0.1) is 0 Å². The summed E-state index contributed by atoms with van der Waals surface area (Å²) in [6, 6.07) is 5.11. The third-order valence-corrected chi connectivity index (χ3v) is 2.64. The lowest BCUT2D eigenvalue weighted by atomic mass is 9.93. The van der Waals surface area contributed by atoms with Crippen LogP contribution in [-0.2, 0) is 0 Å². The van der Waals surface area contributed by atoms with Gasteiger partial charge in [0.1, 0.15) is 5.52 Å². The topological polar surface area (TPSA) is 72.3 Å². The second kappa shape index (κ2) is 3.57. The van der Waals surface area contributed by atoms with E-state index in [1.54, 1.807) is 20.8 Å². The number of nitrogens with two attached hydrogens (primary N) is 1. The normalized spacial score (nSPS) is 14.3. The molecule has 0 fully saturated rings. The highest BCUT2D eigenvalue weighted by molar-refractivity contribution is 5.73. The van der Waals surface area contributed by atoms with Crippen LogP contribution in [0.4, 0.5) is 0 Å². The van der Waals surface area contributed by atoms with Crippen molar-refractivity contribution in [1.82, 2.24) is 4.98 Å². The Morgan fingerprint density at radius 2 is 2.12 bits per heavy atom. The van der Waals surface area contributed by atoms with Gasteiger partial charge in [-0.3, -0.25) is 0 Å². The fourth-order valence-corrected chi connectivity index (χ4v) is 1.66. The first-order valence-corrected chi connectivity index (χ1v) is 5.23. The number of benzene rings is 1. The monoisotopic (exact) mass is 220 g/mol. The van der Waals surface area contributed by atoms with E-state index in [0.29, 0.717) is 5.89 Å². The molecule has 1 aromatic heterocycles. The van der Waals surface area contributed by atoms with Crippen LogP contribution in [0.3, 0.4) is 0 Å². The standard InChI is InChI=1S/C12H16N2O2/c1-7-14-9-6-8(4-5-10(9)16-7)11(13)12(2,3)15/h4-6,11,15H,13H2,1-3H3. The molecule has 1 heterocycles. The molecule has 0 amide bonds. The Hall–Kier alpha value is -1.39. The van der Waals surface area contributed by atoms with Crippen LogP contribution in [0.1, 0.15) is 31.3 Å². The highest BCUT2D eigenvalue weighted by atomic mass is 16.3. The van der Waals surface area contributed by atoms with Gasteiger partial charge < -0.3 is 15.3 Å². The van der Waals surface area contributed by atoms with Crippen LogP contribution in [-0.4, -0.2) is 15.7 Å². The second-order valence-electron chi connectivity index (χ2n) is 4.59. The Morgan fingerprint density at radius 3 is 2.75 bits per heavy atom. The van der Waals surface area contributed by atoms with Crippen molar-refractivity contribution in [2.45, 2.75) is 32.4 Å². The van der Waals surface area contributed by atoms with E-state index in [-0.39, 0.29) is 0 Å². The van der Waals surface area contributed by atoms with Crippen LogP contribution in [0.2, 0.25) is 0 Å². The molecule has 16 heavy (non-hydrogen) atoms. The zero-order valence-corrected chi connectivity index (χ0v) is 9.69. The average molecular weight is 220 g/mol. The van der Waals surface area contributed by atoms with E-state index in [0.717, 1.165) is 16.7 Å². The molecule has 1 aromatic carbocycles. The molecule has 1 atom stereocenters. The van der Waals surface area contributed by atoms with E-state index in [2.05, 4.69) is 4.98 Å². The fourth-order valence-electron chi connectivity index (χ4n) is 1.66. The Balaban J connectivity index is 2.46. The first-order chi connectivity index (χ1) is 7.38. The van der Waals surface area contributed by atoms with Gasteiger partial charge >= 0.3 is 0 Å². The van der Waals surface area contributed by atoms with Gasteiger partial charge in [-0.25, -0.2) is 4.98 Å². The molecule has 86 valence electrons. The Kier molecular flexibility index (Phi) is 2.48. The van der Waals surface area contributed by atoms with Crippen LogP contribution in [0.25, 0.3) is 11.1 Å². The van der Waals surface area contributed by atoms with Crippen molar-refractivity contribution < 1.29 is 9.52 Å². The third-order valence-electron chi connectivity index (χ3n) is 2.64. The third kappa shape index (κ3) is 1.94. The minimum atomic E-state index is -0.952. The smallest absolute Gasteiger partial charge is 0.192 e. The van der Waals surface area contributed by atoms with E-state index in [4.69, 9.17) is 10.2 Å². The van der Waals surface area contributed by atoms with Crippen molar-refractivity contribution in [3.63, 3.8) is 0 Å². The molecule has 0 saturated carbocycles. The number of hydrogen-bond donors (Lipinski definition) is 2. The van der Waals surface area contributed by atoms with Gasteiger partial charge in [0.25, 0.3) is 0 Å². The van der Waals surface area contributed by atoms with Crippen molar-refractivity contribution >= 4 is 11.1 Å². The number of rotatable bonds is 2. The lowest BCUT2D eigenvalue weighted by Crippen LogP contribution is -2.34. The molecule has 0 aliphatic carbocycles. The lowest BCUT2D eigenvalue weighted by molar-refractivity contribution is 0.0517. The maximum Gasteiger partial charge on any atom is 0.192 e. The molecule has 3 N–H and O–H groups in total. The van der Waals surface area contributed by atoms with E-state index >= 15 is 0 Å². The molecule has 2 aromatic rings. The van der Waals surface area contributed by atoms with Crippen molar-refractivity contribution in [3.05, 3.63) is 29.7 Å². The van der Waals surface area contributed by atoms with Gasteiger partial charge in [0.05, 0.1) is 11.6 Å². The number of aliphatic hydroxyl groups is 1. The molecule has 0 spiro atoms. The number of nitrogens with zero attached hydrogens (tertiary/aromatic N) is 1. The summed E-state index contributed by atoms with van der Waals surface area (Å²) in [5, 5.41) is 9.85. The summed E-state index contributed by atoms with van der Waals surface area (Å²) in [6.07, 6.45) is 0. The molecule has 0 aliphatic rings. The summed E-state index contributed by atoms with van der Waals surface area (Å²) in [6.45, 7) is 5.18. The first kappa shape index (κ1) is 11.1. The van der Waals surface area contributed by atoms with Gasteiger partial charge in [0.2, 0.25) is 0 Å². The van der Waals surface area contributed by atoms with Crippen molar-refractivity contribution in [2.75, 3.05) is 0 Å². The van der Waals surface area contributed by atoms with Gasteiger partial charge in [0.15, 0.2) is 11.5 Å². The van der Waals surface area contributed by atoms with Crippen LogP contribution in [0.5, 0.6) is 0 Å². The molecule has 0 radical (unpaired) electrons. The highest BCUT2D eigenvalue weighted by Gasteiger charge is 2.24. The van der Waals surface area contributed by atoms with Crippen molar-refractivity contribution in [2.24, 2.45) is 5.73 Å². The van der Waals surface area contributed by atoms with Crippen LogP contribution >= 0.6 is 0 Å². The minimum absolute atomic E-state index is 0.436. The zero-order valence-electron chi connectivity index (χ0n) is 9.69. The second-order valence-corrected chi connectivity index (χ2v) is 4.59. The number of fused-ring (bicyclic) bond motifs is 1. The Morgan fingerprint density at radius 1 is 1.44 bits per heavy atom. The summed E-state index contributed by atoms with van der Waals surface area (Å²) >= 11 is 0. The SMILES string of the molecule is Cc1nc2cc(C(N)C(C)(C)O)ccc2o1. The van der Waals surface area contributed by atoms with Crippen LogP contribution in [0.15, 0.2) is 22.6 Å². The van der Waals surface area contributed by atoms with Gasteiger partial charge in [0, 0.05) is 6.92 Å². The number of aryl methyl sites for hydroxylation is 1. The van der Waals surface area contributed by atoms with E-state index in [1.807, 2.05) is 18.2 Å². The molecule has 0 aliphatic heterocycles. The quantitative estimate of drug-likeness (QED) is 0.810. The first-order valence-electron chi connectivity index (χ1n) is 5.23. The van der Waals surface area contributed by atoms with Gasteiger partial charge in [-0.2, -0.15) is 0 Å². The summed E-state index contributed by atoms with van der Waals surface area (Å²) < 4.78 is 5.37. The predicted molar refractivity (Wildman–Crippen MR) is 62.0 cm³/mol. The average Bonchev–Trinajstić information content (AvgIpc) is 2.54. The van der Waals surface area contributed by atoms with E-state index in [9.17, 15) is 5.11 Å². The molecule has 2 rings (SSSR count). The number of hydrogen-bond acceptors (Lipinski definition) is 4. The molecule has 1 unspecified atom stereocenters. The minimum Gasteiger partial charge on any atom is -0.441 e. The van der Waals surface area contributed by atoms with Gasteiger partial charge in [-0.1, -0.05) is 6.07 Å². The number of oxazole rings is 1. The lowest BCUT2D eigenvalue weighted by Gasteiger charge is -2.25. The zero-order chi connectivity index (χ0) is 11.9. The summed E-state index contributed by atoms with van der Waals surface area (Å²) in [4.78, 5) is 4.23.